The fraction of sp³-hybridized carbons (Fsp3) is 0.500. The van der Waals surface area contributed by atoms with Gasteiger partial charge in [-0.2, -0.15) is 5.10 Å². The van der Waals surface area contributed by atoms with Gasteiger partial charge >= 0.3 is 5.69 Å². The van der Waals surface area contributed by atoms with E-state index in [0.717, 1.165) is 10.7 Å². The molecule has 0 atom stereocenters. The molecule has 0 radical (unpaired) electrons. The van der Waals surface area contributed by atoms with Crippen LogP contribution in [0.15, 0.2) is 16.5 Å². The van der Waals surface area contributed by atoms with Gasteiger partial charge in [0.25, 0.3) is 0 Å². The molecule has 0 aliphatic heterocycles. The molecule has 0 N–H and O–H groups in total. The Morgan fingerprint density at radius 2 is 2.25 bits per heavy atom. The van der Waals surface area contributed by atoms with Gasteiger partial charge in [0.05, 0.1) is 17.2 Å². The van der Waals surface area contributed by atoms with Gasteiger partial charge in [-0.3, -0.25) is 4.57 Å². The van der Waals surface area contributed by atoms with Gasteiger partial charge in [0.15, 0.2) is 0 Å². The van der Waals surface area contributed by atoms with Crippen LogP contribution in [0.3, 0.4) is 0 Å². The lowest BCUT2D eigenvalue weighted by atomic mass is 10.2. The van der Waals surface area contributed by atoms with Crippen molar-refractivity contribution in [1.82, 2.24) is 19.3 Å². The highest BCUT2D eigenvalue weighted by molar-refractivity contribution is 7.09. The van der Waals surface area contributed by atoms with Crippen molar-refractivity contribution in [2.75, 3.05) is 0 Å². The molecule has 2 heterocycles. The maximum atomic E-state index is 11.6. The predicted octanol–water partition coefficient (Wildman–Crippen LogP) is 1.21. The SMILES string of the molecule is CC(C)c1nc(Cn2ncn(C)c2=O)cs1. The summed E-state index contributed by atoms with van der Waals surface area (Å²) in [6.45, 7) is 4.66. The summed E-state index contributed by atoms with van der Waals surface area (Å²) < 4.78 is 2.87. The molecule has 2 aromatic heterocycles. The second-order valence-corrected chi connectivity index (χ2v) is 4.90. The molecule has 0 aliphatic rings. The van der Waals surface area contributed by atoms with Crippen LogP contribution in [0.25, 0.3) is 0 Å². The van der Waals surface area contributed by atoms with E-state index in [1.165, 1.54) is 15.6 Å². The van der Waals surface area contributed by atoms with Gasteiger partial charge in [0.1, 0.15) is 6.33 Å². The van der Waals surface area contributed by atoms with Gasteiger partial charge in [-0.1, -0.05) is 13.8 Å². The Bertz CT molecular complexity index is 537. The molecule has 16 heavy (non-hydrogen) atoms. The third-order valence-electron chi connectivity index (χ3n) is 2.26. The first kappa shape index (κ1) is 11.1. The lowest BCUT2D eigenvalue weighted by Crippen LogP contribution is -2.23. The standard InChI is InChI=1S/C10H14N4OS/c1-7(2)9-12-8(5-16-9)4-14-10(15)13(3)6-11-14/h5-7H,4H2,1-3H3. The Morgan fingerprint density at radius 1 is 1.50 bits per heavy atom. The van der Waals surface area contributed by atoms with E-state index in [-0.39, 0.29) is 5.69 Å². The number of aryl methyl sites for hydroxylation is 1. The maximum Gasteiger partial charge on any atom is 0.345 e. The van der Waals surface area contributed by atoms with Crippen molar-refractivity contribution in [3.05, 3.63) is 32.9 Å². The summed E-state index contributed by atoms with van der Waals surface area (Å²) in [6, 6.07) is 0. The second kappa shape index (κ2) is 4.21. The molecule has 0 fully saturated rings. The van der Waals surface area contributed by atoms with E-state index in [1.54, 1.807) is 18.4 Å². The molecule has 0 amide bonds. The Balaban J connectivity index is 2.21. The monoisotopic (exact) mass is 238 g/mol. The average Bonchev–Trinajstić information content (AvgIpc) is 2.81. The molecule has 0 aliphatic carbocycles. The predicted molar refractivity (Wildman–Crippen MR) is 62.8 cm³/mol. The summed E-state index contributed by atoms with van der Waals surface area (Å²) >= 11 is 1.63. The van der Waals surface area contributed by atoms with Crippen LogP contribution in [0.4, 0.5) is 0 Å². The highest BCUT2D eigenvalue weighted by Crippen LogP contribution is 2.19. The van der Waals surface area contributed by atoms with Crippen molar-refractivity contribution in [2.24, 2.45) is 7.05 Å². The molecule has 0 saturated carbocycles. The van der Waals surface area contributed by atoms with Gasteiger partial charge in [0, 0.05) is 18.3 Å². The summed E-state index contributed by atoms with van der Waals surface area (Å²) in [6.07, 6.45) is 1.51. The minimum Gasteiger partial charge on any atom is -0.285 e. The molecule has 0 spiro atoms. The van der Waals surface area contributed by atoms with Crippen LogP contribution in [-0.2, 0) is 13.6 Å². The van der Waals surface area contributed by atoms with E-state index in [2.05, 4.69) is 23.9 Å². The summed E-state index contributed by atoms with van der Waals surface area (Å²) in [4.78, 5) is 16.0. The summed E-state index contributed by atoms with van der Waals surface area (Å²) in [7, 11) is 1.69. The van der Waals surface area contributed by atoms with E-state index in [9.17, 15) is 4.79 Å². The fourth-order valence-electron chi connectivity index (χ4n) is 1.34. The zero-order chi connectivity index (χ0) is 11.7. The molecule has 0 bridgehead atoms. The van der Waals surface area contributed by atoms with E-state index in [0.29, 0.717) is 12.5 Å². The van der Waals surface area contributed by atoms with Gasteiger partial charge in [0.2, 0.25) is 0 Å². The molecule has 2 rings (SSSR count). The van der Waals surface area contributed by atoms with E-state index in [4.69, 9.17) is 0 Å². The molecular weight excluding hydrogens is 224 g/mol. The van der Waals surface area contributed by atoms with Gasteiger partial charge in [-0.15, -0.1) is 11.3 Å². The van der Waals surface area contributed by atoms with Crippen LogP contribution < -0.4 is 5.69 Å². The first-order valence-corrected chi connectivity index (χ1v) is 5.98. The number of nitrogens with zero attached hydrogens (tertiary/aromatic N) is 4. The second-order valence-electron chi connectivity index (χ2n) is 4.01. The van der Waals surface area contributed by atoms with Crippen LogP contribution in [0.1, 0.15) is 30.5 Å². The van der Waals surface area contributed by atoms with Crippen LogP contribution in [0.5, 0.6) is 0 Å². The minimum absolute atomic E-state index is 0.112. The first-order valence-electron chi connectivity index (χ1n) is 5.10. The van der Waals surface area contributed by atoms with Crippen molar-refractivity contribution in [3.8, 4) is 0 Å². The van der Waals surface area contributed by atoms with Gasteiger partial charge in [-0.05, 0) is 0 Å². The third-order valence-corrected chi connectivity index (χ3v) is 3.46. The molecule has 0 aromatic carbocycles. The largest absolute Gasteiger partial charge is 0.345 e. The summed E-state index contributed by atoms with van der Waals surface area (Å²) in [5, 5.41) is 7.08. The molecule has 2 aromatic rings. The Labute approximate surface area is 97.4 Å². The quantitative estimate of drug-likeness (QED) is 0.807. The number of aromatic nitrogens is 4. The maximum absolute atomic E-state index is 11.6. The molecule has 0 unspecified atom stereocenters. The minimum atomic E-state index is -0.112. The summed E-state index contributed by atoms with van der Waals surface area (Å²) in [5.41, 5.74) is 0.786. The smallest absolute Gasteiger partial charge is 0.285 e. The zero-order valence-electron chi connectivity index (χ0n) is 9.54. The van der Waals surface area contributed by atoms with Crippen LogP contribution in [-0.4, -0.2) is 19.3 Å². The lowest BCUT2D eigenvalue weighted by molar-refractivity contribution is 0.635. The number of hydrogen-bond donors (Lipinski definition) is 0. The lowest BCUT2D eigenvalue weighted by Gasteiger charge is -1.97. The Kier molecular flexibility index (Phi) is 2.91. The van der Waals surface area contributed by atoms with Crippen molar-refractivity contribution < 1.29 is 0 Å². The molecule has 86 valence electrons. The van der Waals surface area contributed by atoms with Crippen molar-refractivity contribution in [1.29, 1.82) is 0 Å². The molecule has 0 saturated heterocycles. The number of rotatable bonds is 3. The molecule has 5 nitrogen and oxygen atoms in total. The fourth-order valence-corrected chi connectivity index (χ4v) is 2.17. The number of hydrogen-bond acceptors (Lipinski definition) is 4. The van der Waals surface area contributed by atoms with Gasteiger partial charge in [-0.25, -0.2) is 14.5 Å². The number of thiazole rings is 1. The van der Waals surface area contributed by atoms with Crippen LogP contribution in [0, 0.1) is 0 Å². The van der Waals surface area contributed by atoms with E-state index >= 15 is 0 Å². The normalized spacial score (nSPS) is 11.2. The van der Waals surface area contributed by atoms with Crippen molar-refractivity contribution in [3.63, 3.8) is 0 Å². The third kappa shape index (κ3) is 2.06. The van der Waals surface area contributed by atoms with E-state index in [1.807, 2.05) is 5.38 Å². The van der Waals surface area contributed by atoms with Crippen molar-refractivity contribution in [2.45, 2.75) is 26.3 Å². The highest BCUT2D eigenvalue weighted by Gasteiger charge is 2.08. The van der Waals surface area contributed by atoms with Crippen LogP contribution in [0.2, 0.25) is 0 Å². The molecular formula is C10H14N4OS. The van der Waals surface area contributed by atoms with E-state index < -0.39 is 0 Å². The zero-order valence-corrected chi connectivity index (χ0v) is 10.4. The highest BCUT2D eigenvalue weighted by atomic mass is 32.1. The summed E-state index contributed by atoms with van der Waals surface area (Å²) in [5.74, 6) is 0.430. The van der Waals surface area contributed by atoms with Crippen molar-refractivity contribution >= 4 is 11.3 Å². The molecule has 6 heteroatoms. The first-order chi connectivity index (χ1) is 7.58. The average molecular weight is 238 g/mol. The topological polar surface area (TPSA) is 52.7 Å². The Hall–Kier alpha value is -1.43. The Morgan fingerprint density at radius 3 is 2.75 bits per heavy atom. The van der Waals surface area contributed by atoms with Crippen LogP contribution >= 0.6 is 11.3 Å². The van der Waals surface area contributed by atoms with Gasteiger partial charge < -0.3 is 0 Å².